The highest BCUT2D eigenvalue weighted by Gasteiger charge is 2.41. The van der Waals surface area contributed by atoms with Crippen molar-refractivity contribution in [3.63, 3.8) is 0 Å². The summed E-state index contributed by atoms with van der Waals surface area (Å²) in [5.74, 6) is -2.03. The summed E-state index contributed by atoms with van der Waals surface area (Å²) in [4.78, 5) is 24.6. The van der Waals surface area contributed by atoms with Crippen molar-refractivity contribution in [2.45, 2.75) is 70.2 Å². The van der Waals surface area contributed by atoms with E-state index in [4.69, 9.17) is 4.74 Å². The molecule has 7 nitrogen and oxygen atoms in total. The quantitative estimate of drug-likeness (QED) is 0.489. The highest BCUT2D eigenvalue weighted by atomic mass is 19.1. The second-order valence-corrected chi connectivity index (χ2v) is 9.14. The Balaban J connectivity index is 2.13. The molecule has 2 rings (SSSR count). The highest BCUT2D eigenvalue weighted by molar-refractivity contribution is 5.87. The molecule has 1 heterocycles. The molecule has 174 valence electrons. The SMILES string of the molecule is CC(=O)NC(Cc1cc(F)cc(F)c1)C(O)CNC1(C(=O)NC(C)(C)C)CCOCC1. The second-order valence-electron chi connectivity index (χ2n) is 9.14. The summed E-state index contributed by atoms with van der Waals surface area (Å²) in [6.07, 6.45) is -0.206. The summed E-state index contributed by atoms with van der Waals surface area (Å²) in [5, 5.41) is 19.6. The Labute approximate surface area is 181 Å². The summed E-state index contributed by atoms with van der Waals surface area (Å²) >= 11 is 0. The second kappa shape index (κ2) is 10.5. The van der Waals surface area contributed by atoms with E-state index in [-0.39, 0.29) is 24.8 Å². The summed E-state index contributed by atoms with van der Waals surface area (Å²) in [6, 6.07) is 2.29. The van der Waals surface area contributed by atoms with Gasteiger partial charge in [0.2, 0.25) is 11.8 Å². The van der Waals surface area contributed by atoms with E-state index >= 15 is 0 Å². The van der Waals surface area contributed by atoms with Crippen LogP contribution >= 0.6 is 0 Å². The topological polar surface area (TPSA) is 99.7 Å². The Morgan fingerprint density at radius 3 is 2.26 bits per heavy atom. The number of aliphatic hydroxyl groups excluding tert-OH is 1. The van der Waals surface area contributed by atoms with E-state index in [0.717, 1.165) is 18.2 Å². The number of benzene rings is 1. The van der Waals surface area contributed by atoms with E-state index in [1.807, 2.05) is 20.8 Å². The Morgan fingerprint density at radius 1 is 1.16 bits per heavy atom. The van der Waals surface area contributed by atoms with Gasteiger partial charge in [-0.1, -0.05) is 0 Å². The average molecular weight is 442 g/mol. The monoisotopic (exact) mass is 441 g/mol. The third kappa shape index (κ3) is 7.83. The average Bonchev–Trinajstić information content (AvgIpc) is 2.64. The Morgan fingerprint density at radius 2 is 1.74 bits per heavy atom. The number of aliphatic hydroxyl groups is 1. The number of nitrogens with one attached hydrogen (secondary N) is 3. The first-order chi connectivity index (χ1) is 14.4. The van der Waals surface area contributed by atoms with Crippen LogP contribution in [0.1, 0.15) is 46.1 Å². The van der Waals surface area contributed by atoms with Crippen LogP contribution in [0.15, 0.2) is 18.2 Å². The molecule has 1 aromatic rings. The molecule has 4 N–H and O–H groups in total. The molecule has 1 fully saturated rings. The highest BCUT2D eigenvalue weighted by Crippen LogP contribution is 2.23. The van der Waals surface area contributed by atoms with Crippen molar-refractivity contribution in [1.82, 2.24) is 16.0 Å². The maximum Gasteiger partial charge on any atom is 0.240 e. The molecule has 1 saturated heterocycles. The lowest BCUT2D eigenvalue weighted by molar-refractivity contribution is -0.133. The molecule has 1 aromatic carbocycles. The number of carbonyl (C=O) groups excluding carboxylic acids is 2. The van der Waals surface area contributed by atoms with Gasteiger partial charge in [0.05, 0.1) is 12.1 Å². The van der Waals surface area contributed by atoms with Crippen LogP contribution in [0.4, 0.5) is 8.78 Å². The third-order valence-corrected chi connectivity index (χ3v) is 5.15. The largest absolute Gasteiger partial charge is 0.390 e. The fourth-order valence-electron chi connectivity index (χ4n) is 3.63. The molecule has 0 bridgehead atoms. The molecule has 2 amide bonds. The van der Waals surface area contributed by atoms with Crippen molar-refractivity contribution in [3.8, 4) is 0 Å². The zero-order valence-corrected chi connectivity index (χ0v) is 18.6. The van der Waals surface area contributed by atoms with Crippen LogP contribution in [0.25, 0.3) is 0 Å². The first kappa shape index (κ1) is 25.2. The Hall–Kier alpha value is -2.10. The lowest BCUT2D eigenvalue weighted by atomic mass is 9.87. The van der Waals surface area contributed by atoms with Gasteiger partial charge in [-0.25, -0.2) is 8.78 Å². The number of hydrogen-bond acceptors (Lipinski definition) is 5. The number of hydrogen-bond donors (Lipinski definition) is 4. The molecular formula is C22H33F2N3O4. The van der Waals surface area contributed by atoms with Crippen LogP contribution < -0.4 is 16.0 Å². The number of β-amino-alcohol motifs (C(OH)–C–C–N with tert-alkyl or cyclic N) is 1. The van der Waals surface area contributed by atoms with Crippen molar-refractivity contribution < 1.29 is 28.2 Å². The molecule has 1 aliphatic heterocycles. The minimum absolute atomic E-state index is 0.000305. The van der Waals surface area contributed by atoms with Gasteiger partial charge in [-0.15, -0.1) is 0 Å². The molecule has 0 saturated carbocycles. The van der Waals surface area contributed by atoms with E-state index in [1.54, 1.807) is 0 Å². The van der Waals surface area contributed by atoms with Gasteiger partial charge in [-0.05, 0) is 57.7 Å². The summed E-state index contributed by atoms with van der Waals surface area (Å²) in [7, 11) is 0. The number of ether oxygens (including phenoxy) is 1. The molecule has 0 spiro atoms. The summed E-state index contributed by atoms with van der Waals surface area (Å²) < 4.78 is 32.5. The van der Waals surface area contributed by atoms with E-state index in [1.165, 1.54) is 6.92 Å². The normalized spacial score (nSPS) is 18.2. The molecule has 2 unspecified atom stereocenters. The maximum atomic E-state index is 13.5. The fourth-order valence-corrected chi connectivity index (χ4v) is 3.63. The predicted molar refractivity (Wildman–Crippen MR) is 112 cm³/mol. The fraction of sp³-hybridized carbons (Fsp3) is 0.636. The smallest absolute Gasteiger partial charge is 0.240 e. The lowest BCUT2D eigenvalue weighted by Gasteiger charge is -2.40. The zero-order chi connectivity index (χ0) is 23.2. The van der Waals surface area contributed by atoms with Gasteiger partial charge < -0.3 is 25.8 Å². The van der Waals surface area contributed by atoms with Gasteiger partial charge in [-0.3, -0.25) is 9.59 Å². The minimum atomic E-state index is -1.10. The molecule has 31 heavy (non-hydrogen) atoms. The van der Waals surface area contributed by atoms with Gasteiger partial charge in [0.25, 0.3) is 0 Å². The van der Waals surface area contributed by atoms with Crippen LogP contribution in [-0.2, 0) is 20.7 Å². The van der Waals surface area contributed by atoms with E-state index < -0.39 is 34.9 Å². The zero-order valence-electron chi connectivity index (χ0n) is 18.6. The van der Waals surface area contributed by atoms with Crippen LogP contribution in [-0.4, -0.2) is 59.9 Å². The van der Waals surface area contributed by atoms with Crippen LogP contribution in [0, 0.1) is 11.6 Å². The van der Waals surface area contributed by atoms with Crippen LogP contribution in [0.5, 0.6) is 0 Å². The molecular weight excluding hydrogens is 408 g/mol. The molecule has 0 radical (unpaired) electrons. The number of halogens is 2. The molecule has 0 aliphatic carbocycles. The minimum Gasteiger partial charge on any atom is -0.390 e. The summed E-state index contributed by atoms with van der Waals surface area (Å²) in [5.41, 5.74) is -1.04. The molecule has 9 heteroatoms. The van der Waals surface area contributed by atoms with Gasteiger partial charge in [0.15, 0.2) is 0 Å². The first-order valence-electron chi connectivity index (χ1n) is 10.5. The number of amides is 2. The van der Waals surface area contributed by atoms with E-state index in [0.29, 0.717) is 31.6 Å². The van der Waals surface area contributed by atoms with Gasteiger partial charge >= 0.3 is 0 Å². The van der Waals surface area contributed by atoms with Crippen molar-refractivity contribution in [1.29, 1.82) is 0 Å². The Bertz CT molecular complexity index is 756. The van der Waals surface area contributed by atoms with Crippen molar-refractivity contribution >= 4 is 11.8 Å². The summed E-state index contributed by atoms with van der Waals surface area (Å²) in [6.45, 7) is 7.76. The molecule has 0 aromatic heterocycles. The van der Waals surface area contributed by atoms with Gasteiger partial charge in [0.1, 0.15) is 17.2 Å². The van der Waals surface area contributed by atoms with Crippen molar-refractivity contribution in [2.75, 3.05) is 19.8 Å². The van der Waals surface area contributed by atoms with Gasteiger partial charge in [-0.2, -0.15) is 0 Å². The Kier molecular flexibility index (Phi) is 8.50. The van der Waals surface area contributed by atoms with Crippen molar-refractivity contribution in [2.24, 2.45) is 0 Å². The lowest BCUT2D eigenvalue weighted by Crippen LogP contribution is -2.64. The standard InChI is InChI=1S/C22H33F2N3O4/c1-14(28)26-18(11-15-9-16(23)12-17(24)10-15)19(29)13-25-22(5-7-31-8-6-22)20(30)27-21(2,3)4/h9-10,12,18-19,25,29H,5-8,11,13H2,1-4H3,(H,26,28)(H,27,30). The molecule has 1 aliphatic rings. The van der Waals surface area contributed by atoms with Gasteiger partial charge in [0, 0.05) is 38.3 Å². The maximum absolute atomic E-state index is 13.5. The van der Waals surface area contributed by atoms with Crippen LogP contribution in [0.2, 0.25) is 0 Å². The predicted octanol–water partition coefficient (Wildman–Crippen LogP) is 1.43. The number of rotatable bonds is 8. The first-order valence-corrected chi connectivity index (χ1v) is 10.5. The number of carbonyl (C=O) groups is 2. The van der Waals surface area contributed by atoms with E-state index in [9.17, 15) is 23.5 Å². The van der Waals surface area contributed by atoms with Crippen molar-refractivity contribution in [3.05, 3.63) is 35.4 Å². The van der Waals surface area contributed by atoms with Crippen LogP contribution in [0.3, 0.4) is 0 Å². The van der Waals surface area contributed by atoms with E-state index in [2.05, 4.69) is 16.0 Å². The third-order valence-electron chi connectivity index (χ3n) is 5.15. The molecule has 2 atom stereocenters.